The predicted molar refractivity (Wildman–Crippen MR) is 122 cm³/mol. The van der Waals surface area contributed by atoms with Crippen LogP contribution < -0.4 is 0 Å². The number of nitriles is 1. The van der Waals surface area contributed by atoms with Crippen LogP contribution in [-0.4, -0.2) is 4.57 Å². The molecule has 0 saturated carbocycles. The van der Waals surface area contributed by atoms with Gasteiger partial charge in [-0.15, -0.1) is 0 Å². The third kappa shape index (κ3) is 3.37. The van der Waals surface area contributed by atoms with E-state index in [0.29, 0.717) is 5.57 Å². The van der Waals surface area contributed by atoms with Gasteiger partial charge in [0.1, 0.15) is 0 Å². The van der Waals surface area contributed by atoms with Gasteiger partial charge in [0.15, 0.2) is 0 Å². The van der Waals surface area contributed by atoms with Crippen molar-refractivity contribution in [3.63, 3.8) is 0 Å². The maximum atomic E-state index is 9.86. The SMILES string of the molecule is Cc1cccc(C)c1-n1c(C)cc(/C=C(/C#N)c2ccc3ccccc3c2)c1C. The molecule has 2 heteroatoms. The number of aryl methyl sites for hydroxylation is 3. The fourth-order valence-corrected chi connectivity index (χ4v) is 4.13. The van der Waals surface area contributed by atoms with Gasteiger partial charge < -0.3 is 4.57 Å². The number of benzene rings is 3. The van der Waals surface area contributed by atoms with Crippen molar-refractivity contribution >= 4 is 22.4 Å². The van der Waals surface area contributed by atoms with Gasteiger partial charge in [-0.3, -0.25) is 0 Å². The standard InChI is InChI=1S/C27H24N2/c1-18-8-7-9-19(2)27(18)29-20(3)14-25(21(29)4)16-26(17-28)24-13-12-22-10-5-6-11-23(22)15-24/h5-16H,1-4H3/b26-16-. The Hall–Kier alpha value is -3.57. The summed E-state index contributed by atoms with van der Waals surface area (Å²) >= 11 is 0. The van der Waals surface area contributed by atoms with E-state index in [2.05, 4.69) is 86.9 Å². The molecule has 3 aromatic carbocycles. The fraction of sp³-hybridized carbons (Fsp3) is 0.148. The number of rotatable bonds is 3. The minimum atomic E-state index is 0.678. The van der Waals surface area contributed by atoms with E-state index in [1.165, 1.54) is 27.9 Å². The first kappa shape index (κ1) is 18.8. The molecule has 0 bridgehead atoms. The second kappa shape index (κ2) is 7.45. The fourth-order valence-electron chi connectivity index (χ4n) is 4.13. The van der Waals surface area contributed by atoms with Crippen molar-refractivity contribution in [3.8, 4) is 11.8 Å². The molecule has 142 valence electrons. The molecule has 0 fully saturated rings. The van der Waals surface area contributed by atoms with Crippen LogP contribution in [-0.2, 0) is 0 Å². The highest BCUT2D eigenvalue weighted by atomic mass is 15.0. The topological polar surface area (TPSA) is 28.7 Å². The van der Waals surface area contributed by atoms with Crippen LogP contribution in [0.25, 0.3) is 28.1 Å². The minimum absolute atomic E-state index is 0.678. The lowest BCUT2D eigenvalue weighted by Crippen LogP contribution is -2.03. The van der Waals surface area contributed by atoms with Crippen molar-refractivity contribution in [3.05, 3.63) is 100 Å². The smallest absolute Gasteiger partial charge is 0.0998 e. The van der Waals surface area contributed by atoms with E-state index >= 15 is 0 Å². The Labute approximate surface area is 172 Å². The Morgan fingerprint density at radius 2 is 1.52 bits per heavy atom. The molecule has 0 aliphatic carbocycles. The van der Waals surface area contributed by atoms with E-state index < -0.39 is 0 Å². The molecular weight excluding hydrogens is 352 g/mol. The first-order valence-corrected chi connectivity index (χ1v) is 9.86. The summed E-state index contributed by atoms with van der Waals surface area (Å²) in [6.45, 7) is 8.54. The first-order valence-electron chi connectivity index (χ1n) is 9.86. The van der Waals surface area contributed by atoms with Crippen LogP contribution in [0, 0.1) is 39.0 Å². The molecule has 1 aromatic heterocycles. The predicted octanol–water partition coefficient (Wildman–Crippen LogP) is 6.93. The van der Waals surface area contributed by atoms with Gasteiger partial charge >= 0.3 is 0 Å². The molecule has 29 heavy (non-hydrogen) atoms. The van der Waals surface area contributed by atoms with Gasteiger partial charge in [0.05, 0.1) is 17.3 Å². The van der Waals surface area contributed by atoms with Gasteiger partial charge in [-0.25, -0.2) is 0 Å². The van der Waals surface area contributed by atoms with Crippen LogP contribution >= 0.6 is 0 Å². The summed E-state index contributed by atoms with van der Waals surface area (Å²) in [5.41, 5.74) is 8.74. The molecule has 0 atom stereocenters. The van der Waals surface area contributed by atoms with Crippen molar-refractivity contribution in [2.45, 2.75) is 27.7 Å². The van der Waals surface area contributed by atoms with Crippen molar-refractivity contribution in [2.24, 2.45) is 0 Å². The van der Waals surface area contributed by atoms with E-state index in [0.717, 1.165) is 22.2 Å². The lowest BCUT2D eigenvalue weighted by atomic mass is 10.0. The number of hydrogen-bond donors (Lipinski definition) is 0. The van der Waals surface area contributed by atoms with Crippen molar-refractivity contribution in [1.82, 2.24) is 4.57 Å². The quantitative estimate of drug-likeness (QED) is 0.356. The van der Waals surface area contributed by atoms with Gasteiger partial charge in [0.25, 0.3) is 0 Å². The molecular formula is C27H24N2. The molecule has 0 amide bonds. The first-order chi connectivity index (χ1) is 14.0. The highest BCUT2D eigenvalue weighted by Gasteiger charge is 2.14. The summed E-state index contributed by atoms with van der Waals surface area (Å²) in [6, 6.07) is 25.4. The largest absolute Gasteiger partial charge is 0.317 e. The Morgan fingerprint density at radius 1 is 0.828 bits per heavy atom. The maximum Gasteiger partial charge on any atom is 0.0998 e. The van der Waals surface area contributed by atoms with Gasteiger partial charge in [-0.05, 0) is 78.9 Å². The Bertz CT molecular complexity index is 1280. The van der Waals surface area contributed by atoms with Crippen molar-refractivity contribution in [2.75, 3.05) is 0 Å². The molecule has 2 nitrogen and oxygen atoms in total. The van der Waals surface area contributed by atoms with Crippen LogP contribution in [0.4, 0.5) is 0 Å². The lowest BCUT2D eigenvalue weighted by Gasteiger charge is -2.15. The summed E-state index contributed by atoms with van der Waals surface area (Å²) in [7, 11) is 0. The van der Waals surface area contributed by atoms with Crippen LogP contribution in [0.5, 0.6) is 0 Å². The summed E-state index contributed by atoms with van der Waals surface area (Å²) in [5.74, 6) is 0. The molecule has 0 spiro atoms. The zero-order chi connectivity index (χ0) is 20.5. The van der Waals surface area contributed by atoms with Crippen molar-refractivity contribution in [1.29, 1.82) is 5.26 Å². The zero-order valence-electron chi connectivity index (χ0n) is 17.3. The van der Waals surface area contributed by atoms with E-state index in [4.69, 9.17) is 0 Å². The van der Waals surface area contributed by atoms with Crippen LogP contribution in [0.2, 0.25) is 0 Å². The highest BCUT2D eigenvalue weighted by molar-refractivity contribution is 5.94. The third-order valence-corrected chi connectivity index (χ3v) is 5.61. The van der Waals surface area contributed by atoms with Crippen molar-refractivity contribution < 1.29 is 0 Å². The molecule has 4 rings (SSSR count). The molecule has 0 aliphatic heterocycles. The lowest BCUT2D eigenvalue weighted by molar-refractivity contribution is 0.943. The van der Waals surface area contributed by atoms with Gasteiger partial charge in [-0.1, -0.05) is 54.6 Å². The average molecular weight is 377 g/mol. The number of nitrogens with zero attached hydrogens (tertiary/aromatic N) is 2. The molecule has 0 N–H and O–H groups in total. The summed E-state index contributed by atoms with van der Waals surface area (Å²) in [4.78, 5) is 0. The molecule has 0 aliphatic rings. The van der Waals surface area contributed by atoms with Crippen LogP contribution in [0.3, 0.4) is 0 Å². The monoisotopic (exact) mass is 376 g/mol. The number of allylic oxidation sites excluding steroid dienone is 1. The number of para-hydroxylation sites is 1. The molecule has 4 aromatic rings. The minimum Gasteiger partial charge on any atom is -0.317 e. The Balaban J connectivity index is 1.84. The third-order valence-electron chi connectivity index (χ3n) is 5.61. The molecule has 0 radical (unpaired) electrons. The Morgan fingerprint density at radius 3 is 2.21 bits per heavy atom. The number of fused-ring (bicyclic) bond motifs is 1. The summed E-state index contributed by atoms with van der Waals surface area (Å²) < 4.78 is 2.30. The van der Waals surface area contributed by atoms with Gasteiger partial charge in [-0.2, -0.15) is 5.26 Å². The van der Waals surface area contributed by atoms with Gasteiger partial charge in [0, 0.05) is 11.4 Å². The highest BCUT2D eigenvalue weighted by Crippen LogP contribution is 2.29. The molecule has 0 unspecified atom stereocenters. The van der Waals surface area contributed by atoms with Gasteiger partial charge in [0.2, 0.25) is 0 Å². The Kier molecular flexibility index (Phi) is 4.82. The summed E-state index contributed by atoms with van der Waals surface area (Å²) in [5, 5.41) is 12.2. The van der Waals surface area contributed by atoms with Crippen LogP contribution in [0.15, 0.2) is 66.7 Å². The van der Waals surface area contributed by atoms with E-state index in [1.807, 2.05) is 24.3 Å². The van der Waals surface area contributed by atoms with E-state index in [-0.39, 0.29) is 0 Å². The number of aromatic nitrogens is 1. The van der Waals surface area contributed by atoms with Crippen LogP contribution in [0.1, 0.15) is 33.6 Å². The molecule has 1 heterocycles. The molecule has 0 saturated heterocycles. The van der Waals surface area contributed by atoms with E-state index in [9.17, 15) is 5.26 Å². The average Bonchev–Trinajstić information content (AvgIpc) is 2.99. The normalized spacial score (nSPS) is 11.6. The number of hydrogen-bond acceptors (Lipinski definition) is 1. The second-order valence-corrected chi connectivity index (χ2v) is 7.63. The van der Waals surface area contributed by atoms with E-state index in [1.54, 1.807) is 0 Å². The summed E-state index contributed by atoms with van der Waals surface area (Å²) in [6.07, 6.45) is 2.01. The zero-order valence-corrected chi connectivity index (χ0v) is 17.3. The maximum absolute atomic E-state index is 9.86. The second-order valence-electron chi connectivity index (χ2n) is 7.63.